The van der Waals surface area contributed by atoms with Crippen molar-refractivity contribution < 1.29 is 4.74 Å². The molecule has 0 aromatic heterocycles. The number of hydrogen-bond donors (Lipinski definition) is 1. The number of hydrogen-bond acceptors (Lipinski definition) is 3. The first-order valence-electron chi connectivity index (χ1n) is 7.38. The SMILES string of the molecule is CCCNC1CCN(C2CCCOC2)C(C)C1. The van der Waals surface area contributed by atoms with Gasteiger partial charge in [0, 0.05) is 31.3 Å². The maximum Gasteiger partial charge on any atom is 0.0621 e. The Morgan fingerprint density at radius 3 is 2.88 bits per heavy atom. The number of ether oxygens (including phenoxy) is 1. The molecule has 0 aromatic rings. The molecule has 0 aliphatic carbocycles. The van der Waals surface area contributed by atoms with Crippen molar-refractivity contribution >= 4 is 0 Å². The van der Waals surface area contributed by atoms with Gasteiger partial charge in [-0.25, -0.2) is 0 Å². The summed E-state index contributed by atoms with van der Waals surface area (Å²) in [7, 11) is 0. The summed E-state index contributed by atoms with van der Waals surface area (Å²) in [5, 5.41) is 3.67. The van der Waals surface area contributed by atoms with Gasteiger partial charge in [-0.2, -0.15) is 0 Å². The second-order valence-corrected chi connectivity index (χ2v) is 5.63. The van der Waals surface area contributed by atoms with Crippen LogP contribution < -0.4 is 5.32 Å². The molecule has 0 aromatic carbocycles. The lowest BCUT2D eigenvalue weighted by atomic mass is 9.94. The maximum atomic E-state index is 5.62. The number of nitrogens with zero attached hydrogens (tertiary/aromatic N) is 1. The van der Waals surface area contributed by atoms with E-state index in [0.717, 1.165) is 19.3 Å². The largest absolute Gasteiger partial charge is 0.380 e. The van der Waals surface area contributed by atoms with E-state index < -0.39 is 0 Å². The van der Waals surface area contributed by atoms with E-state index in [9.17, 15) is 0 Å². The number of likely N-dealkylation sites (tertiary alicyclic amines) is 1. The zero-order valence-corrected chi connectivity index (χ0v) is 11.5. The molecule has 2 rings (SSSR count). The molecule has 2 saturated heterocycles. The van der Waals surface area contributed by atoms with Gasteiger partial charge in [-0.05, 0) is 45.6 Å². The van der Waals surface area contributed by atoms with Crippen LogP contribution in [0.4, 0.5) is 0 Å². The van der Waals surface area contributed by atoms with Crippen molar-refractivity contribution in [3.05, 3.63) is 0 Å². The number of piperidine rings is 1. The fraction of sp³-hybridized carbons (Fsp3) is 1.00. The summed E-state index contributed by atoms with van der Waals surface area (Å²) in [5.74, 6) is 0. The molecule has 0 spiro atoms. The zero-order valence-electron chi connectivity index (χ0n) is 11.5. The van der Waals surface area contributed by atoms with Gasteiger partial charge in [0.25, 0.3) is 0 Å². The third kappa shape index (κ3) is 3.67. The molecule has 2 fully saturated rings. The highest BCUT2D eigenvalue weighted by molar-refractivity contribution is 4.87. The molecular weight excluding hydrogens is 212 g/mol. The molecule has 2 heterocycles. The van der Waals surface area contributed by atoms with Crippen LogP contribution in [0.25, 0.3) is 0 Å². The van der Waals surface area contributed by atoms with Gasteiger partial charge in [0.1, 0.15) is 0 Å². The molecule has 0 bridgehead atoms. The minimum Gasteiger partial charge on any atom is -0.380 e. The highest BCUT2D eigenvalue weighted by Gasteiger charge is 2.31. The molecule has 17 heavy (non-hydrogen) atoms. The van der Waals surface area contributed by atoms with Crippen LogP contribution in [0.1, 0.15) is 46.0 Å². The van der Waals surface area contributed by atoms with Crippen molar-refractivity contribution in [2.75, 3.05) is 26.3 Å². The lowest BCUT2D eigenvalue weighted by Crippen LogP contribution is -2.53. The Morgan fingerprint density at radius 2 is 2.24 bits per heavy atom. The zero-order chi connectivity index (χ0) is 12.1. The maximum absolute atomic E-state index is 5.62. The van der Waals surface area contributed by atoms with Crippen molar-refractivity contribution in [3.8, 4) is 0 Å². The third-order valence-electron chi connectivity index (χ3n) is 4.22. The topological polar surface area (TPSA) is 24.5 Å². The fourth-order valence-electron chi connectivity index (χ4n) is 3.25. The molecule has 2 aliphatic rings. The molecule has 3 nitrogen and oxygen atoms in total. The van der Waals surface area contributed by atoms with Crippen molar-refractivity contribution in [2.24, 2.45) is 0 Å². The van der Waals surface area contributed by atoms with Crippen molar-refractivity contribution in [1.82, 2.24) is 10.2 Å². The Bertz CT molecular complexity index is 216. The summed E-state index contributed by atoms with van der Waals surface area (Å²) in [6.07, 6.45) is 6.42. The van der Waals surface area contributed by atoms with Gasteiger partial charge >= 0.3 is 0 Å². The summed E-state index contributed by atoms with van der Waals surface area (Å²) >= 11 is 0. The van der Waals surface area contributed by atoms with E-state index in [0.29, 0.717) is 12.1 Å². The van der Waals surface area contributed by atoms with E-state index >= 15 is 0 Å². The number of rotatable bonds is 4. The summed E-state index contributed by atoms with van der Waals surface area (Å²) in [4.78, 5) is 2.68. The van der Waals surface area contributed by atoms with Crippen LogP contribution in [0.2, 0.25) is 0 Å². The van der Waals surface area contributed by atoms with Gasteiger partial charge in [0.05, 0.1) is 6.61 Å². The molecule has 1 N–H and O–H groups in total. The minimum absolute atomic E-state index is 0.686. The van der Waals surface area contributed by atoms with E-state index in [-0.39, 0.29) is 0 Å². The third-order valence-corrected chi connectivity index (χ3v) is 4.22. The summed E-state index contributed by atoms with van der Waals surface area (Å²) in [5.41, 5.74) is 0. The van der Waals surface area contributed by atoms with Gasteiger partial charge in [0.2, 0.25) is 0 Å². The van der Waals surface area contributed by atoms with Gasteiger partial charge in [-0.1, -0.05) is 6.92 Å². The standard InChI is InChI=1S/C14H28N2O/c1-3-7-15-13-6-8-16(12(2)10-13)14-5-4-9-17-11-14/h12-15H,3-11H2,1-2H3. The van der Waals surface area contributed by atoms with E-state index in [4.69, 9.17) is 4.74 Å². The first-order valence-corrected chi connectivity index (χ1v) is 7.38. The highest BCUT2D eigenvalue weighted by atomic mass is 16.5. The van der Waals surface area contributed by atoms with Crippen LogP contribution in [0, 0.1) is 0 Å². The van der Waals surface area contributed by atoms with Gasteiger partial charge in [-0.3, -0.25) is 4.90 Å². The van der Waals surface area contributed by atoms with Crippen LogP contribution in [-0.2, 0) is 4.74 Å². The summed E-state index contributed by atoms with van der Waals surface area (Å²) in [6, 6.07) is 2.14. The molecule has 0 saturated carbocycles. The first kappa shape index (κ1) is 13.3. The van der Waals surface area contributed by atoms with E-state index in [1.165, 1.54) is 45.2 Å². The lowest BCUT2D eigenvalue weighted by molar-refractivity contribution is -0.0121. The van der Waals surface area contributed by atoms with Gasteiger partial charge in [-0.15, -0.1) is 0 Å². The Morgan fingerprint density at radius 1 is 1.35 bits per heavy atom. The highest BCUT2D eigenvalue weighted by Crippen LogP contribution is 2.23. The fourth-order valence-corrected chi connectivity index (χ4v) is 3.25. The van der Waals surface area contributed by atoms with E-state index in [2.05, 4.69) is 24.1 Å². The Kier molecular flexibility index (Phi) is 5.26. The monoisotopic (exact) mass is 240 g/mol. The molecule has 100 valence electrons. The Balaban J connectivity index is 1.78. The predicted octanol–water partition coefficient (Wildman–Crippen LogP) is 2.02. The van der Waals surface area contributed by atoms with Crippen molar-refractivity contribution in [3.63, 3.8) is 0 Å². The average molecular weight is 240 g/mol. The molecule has 3 heteroatoms. The Hall–Kier alpha value is -0.120. The van der Waals surface area contributed by atoms with Crippen molar-refractivity contribution in [1.29, 1.82) is 0 Å². The van der Waals surface area contributed by atoms with Crippen LogP contribution in [-0.4, -0.2) is 49.3 Å². The average Bonchev–Trinajstić information content (AvgIpc) is 2.37. The van der Waals surface area contributed by atoms with Crippen LogP contribution in [0.5, 0.6) is 0 Å². The normalized spacial score (nSPS) is 36.0. The molecule has 0 radical (unpaired) electrons. The van der Waals surface area contributed by atoms with Crippen molar-refractivity contribution in [2.45, 2.75) is 64.1 Å². The smallest absolute Gasteiger partial charge is 0.0621 e. The molecule has 3 atom stereocenters. The van der Waals surface area contributed by atoms with Crippen LogP contribution in [0.3, 0.4) is 0 Å². The van der Waals surface area contributed by atoms with Crippen LogP contribution in [0.15, 0.2) is 0 Å². The first-order chi connectivity index (χ1) is 8.31. The summed E-state index contributed by atoms with van der Waals surface area (Å²) in [6.45, 7) is 8.97. The second-order valence-electron chi connectivity index (χ2n) is 5.63. The minimum atomic E-state index is 0.686. The lowest BCUT2D eigenvalue weighted by Gasteiger charge is -2.43. The predicted molar refractivity (Wildman–Crippen MR) is 71.3 cm³/mol. The van der Waals surface area contributed by atoms with Crippen LogP contribution >= 0.6 is 0 Å². The quantitative estimate of drug-likeness (QED) is 0.813. The molecule has 2 aliphatic heterocycles. The molecule has 3 unspecified atom stereocenters. The summed E-state index contributed by atoms with van der Waals surface area (Å²) < 4.78 is 5.62. The van der Waals surface area contributed by atoms with Gasteiger partial charge in [0.15, 0.2) is 0 Å². The molecular formula is C14H28N2O. The second kappa shape index (κ2) is 6.72. The van der Waals surface area contributed by atoms with E-state index in [1.54, 1.807) is 0 Å². The van der Waals surface area contributed by atoms with Gasteiger partial charge < -0.3 is 10.1 Å². The molecule has 0 amide bonds. The Labute approximate surface area is 106 Å². The number of nitrogens with one attached hydrogen (secondary N) is 1. The van der Waals surface area contributed by atoms with E-state index in [1.807, 2.05) is 0 Å².